The van der Waals surface area contributed by atoms with Crippen LogP contribution < -0.4 is 5.32 Å². The number of rotatable bonds is 5. The number of hydrogen-bond donors (Lipinski definition) is 2. The summed E-state index contributed by atoms with van der Waals surface area (Å²) in [4.78, 5) is 0. The molecule has 1 aromatic carbocycles. The summed E-state index contributed by atoms with van der Waals surface area (Å²) in [5, 5.41) is 12.0. The second-order valence-electron chi connectivity index (χ2n) is 3.31. The van der Waals surface area contributed by atoms with Crippen molar-refractivity contribution in [2.24, 2.45) is 0 Å². The van der Waals surface area contributed by atoms with Gasteiger partial charge in [0.05, 0.1) is 0 Å². The Morgan fingerprint density at radius 3 is 2.93 bits per heavy atom. The third-order valence-electron chi connectivity index (χ3n) is 2.13. The van der Waals surface area contributed by atoms with Crippen molar-refractivity contribution >= 4 is 15.9 Å². The molecule has 0 aliphatic rings. The minimum absolute atomic E-state index is 0.248. The molecule has 0 aromatic heterocycles. The summed E-state index contributed by atoms with van der Waals surface area (Å²) in [6.45, 7) is 3.22. The minimum Gasteiger partial charge on any atom is -0.396 e. The van der Waals surface area contributed by atoms with Crippen molar-refractivity contribution in [3.63, 3.8) is 0 Å². The van der Waals surface area contributed by atoms with Gasteiger partial charge in [0.25, 0.3) is 0 Å². The van der Waals surface area contributed by atoms with E-state index in [1.165, 1.54) is 5.56 Å². The van der Waals surface area contributed by atoms with Crippen LogP contribution in [0.1, 0.15) is 24.9 Å². The molecule has 0 aliphatic carbocycles. The first-order chi connectivity index (χ1) is 6.74. The molecule has 0 radical (unpaired) electrons. The summed E-state index contributed by atoms with van der Waals surface area (Å²) >= 11 is 3.44. The van der Waals surface area contributed by atoms with Crippen molar-refractivity contribution in [2.45, 2.75) is 19.4 Å². The molecule has 0 bridgehead atoms. The number of aliphatic hydroxyl groups excluding tert-OH is 1. The van der Waals surface area contributed by atoms with E-state index in [1.807, 2.05) is 12.1 Å². The zero-order chi connectivity index (χ0) is 10.4. The SMILES string of the molecule is CC(NCCCO)c1cccc(Br)c1. The molecule has 0 saturated carbocycles. The maximum Gasteiger partial charge on any atom is 0.0443 e. The predicted molar refractivity (Wildman–Crippen MR) is 62.3 cm³/mol. The van der Waals surface area contributed by atoms with Crippen LogP contribution in [0.25, 0.3) is 0 Å². The van der Waals surface area contributed by atoms with Gasteiger partial charge < -0.3 is 10.4 Å². The van der Waals surface area contributed by atoms with Crippen LogP contribution in [0.4, 0.5) is 0 Å². The molecule has 14 heavy (non-hydrogen) atoms. The first-order valence-electron chi connectivity index (χ1n) is 4.83. The second-order valence-corrected chi connectivity index (χ2v) is 4.22. The minimum atomic E-state index is 0.248. The normalized spacial score (nSPS) is 12.8. The fourth-order valence-corrected chi connectivity index (χ4v) is 1.71. The summed E-state index contributed by atoms with van der Waals surface area (Å²) in [7, 11) is 0. The van der Waals surface area contributed by atoms with Gasteiger partial charge in [-0.15, -0.1) is 0 Å². The smallest absolute Gasteiger partial charge is 0.0443 e. The van der Waals surface area contributed by atoms with Crippen molar-refractivity contribution in [3.8, 4) is 0 Å². The quantitative estimate of drug-likeness (QED) is 0.795. The van der Waals surface area contributed by atoms with Gasteiger partial charge in [0, 0.05) is 17.1 Å². The van der Waals surface area contributed by atoms with Gasteiger partial charge in [0.2, 0.25) is 0 Å². The molecule has 0 aliphatic heterocycles. The van der Waals surface area contributed by atoms with Gasteiger partial charge >= 0.3 is 0 Å². The first kappa shape index (κ1) is 11.7. The number of benzene rings is 1. The lowest BCUT2D eigenvalue weighted by molar-refractivity contribution is 0.284. The monoisotopic (exact) mass is 257 g/mol. The highest BCUT2D eigenvalue weighted by Gasteiger charge is 2.03. The van der Waals surface area contributed by atoms with E-state index >= 15 is 0 Å². The Bertz CT molecular complexity index is 278. The number of halogens is 1. The molecule has 0 spiro atoms. The molecule has 2 N–H and O–H groups in total. The standard InChI is InChI=1S/C11H16BrNO/c1-9(13-6-3-7-14)10-4-2-5-11(12)8-10/h2,4-5,8-9,13-14H,3,6-7H2,1H3. The van der Waals surface area contributed by atoms with Crippen LogP contribution in [0.5, 0.6) is 0 Å². The summed E-state index contributed by atoms with van der Waals surface area (Å²) in [6.07, 6.45) is 0.804. The fraction of sp³-hybridized carbons (Fsp3) is 0.455. The molecule has 1 aromatic rings. The Morgan fingerprint density at radius 2 is 2.29 bits per heavy atom. The molecule has 1 rings (SSSR count). The van der Waals surface area contributed by atoms with Crippen LogP contribution in [-0.2, 0) is 0 Å². The lowest BCUT2D eigenvalue weighted by Gasteiger charge is -2.13. The van der Waals surface area contributed by atoms with E-state index in [-0.39, 0.29) is 6.61 Å². The van der Waals surface area contributed by atoms with Gasteiger partial charge in [-0.2, -0.15) is 0 Å². The average molecular weight is 258 g/mol. The molecule has 3 heteroatoms. The molecular weight excluding hydrogens is 242 g/mol. The second kappa shape index (κ2) is 6.17. The molecule has 1 unspecified atom stereocenters. The zero-order valence-corrected chi connectivity index (χ0v) is 9.92. The largest absolute Gasteiger partial charge is 0.396 e. The Labute approximate surface area is 93.5 Å². The van der Waals surface area contributed by atoms with Crippen molar-refractivity contribution < 1.29 is 5.11 Å². The summed E-state index contributed by atoms with van der Waals surface area (Å²) < 4.78 is 1.10. The van der Waals surface area contributed by atoms with Gasteiger partial charge in [-0.1, -0.05) is 28.1 Å². The van der Waals surface area contributed by atoms with Crippen LogP contribution in [0.2, 0.25) is 0 Å². The van der Waals surface area contributed by atoms with Gasteiger partial charge in [-0.05, 0) is 37.6 Å². The van der Waals surface area contributed by atoms with E-state index < -0.39 is 0 Å². The number of hydrogen-bond acceptors (Lipinski definition) is 2. The van der Waals surface area contributed by atoms with E-state index in [1.54, 1.807) is 0 Å². The fourth-order valence-electron chi connectivity index (χ4n) is 1.29. The number of aliphatic hydroxyl groups is 1. The molecule has 0 amide bonds. The third-order valence-corrected chi connectivity index (χ3v) is 2.63. The highest BCUT2D eigenvalue weighted by molar-refractivity contribution is 9.10. The van der Waals surface area contributed by atoms with Crippen LogP contribution in [-0.4, -0.2) is 18.3 Å². The van der Waals surface area contributed by atoms with E-state index in [0.717, 1.165) is 17.4 Å². The van der Waals surface area contributed by atoms with Gasteiger partial charge in [-0.3, -0.25) is 0 Å². The van der Waals surface area contributed by atoms with Crippen LogP contribution in [0.3, 0.4) is 0 Å². The van der Waals surface area contributed by atoms with Gasteiger partial charge in [-0.25, -0.2) is 0 Å². The Hall–Kier alpha value is -0.380. The summed E-state index contributed by atoms with van der Waals surface area (Å²) in [6, 6.07) is 8.59. The topological polar surface area (TPSA) is 32.3 Å². The molecule has 78 valence electrons. The maximum atomic E-state index is 8.65. The van der Waals surface area contributed by atoms with Crippen molar-refractivity contribution in [1.29, 1.82) is 0 Å². The van der Waals surface area contributed by atoms with Gasteiger partial charge in [0.1, 0.15) is 0 Å². The highest BCUT2D eigenvalue weighted by atomic mass is 79.9. The lowest BCUT2D eigenvalue weighted by atomic mass is 10.1. The van der Waals surface area contributed by atoms with Crippen LogP contribution in [0.15, 0.2) is 28.7 Å². The van der Waals surface area contributed by atoms with Gasteiger partial charge in [0.15, 0.2) is 0 Å². The lowest BCUT2D eigenvalue weighted by Crippen LogP contribution is -2.20. The highest BCUT2D eigenvalue weighted by Crippen LogP contribution is 2.17. The number of nitrogens with one attached hydrogen (secondary N) is 1. The summed E-state index contributed by atoms with van der Waals surface area (Å²) in [5.74, 6) is 0. The zero-order valence-electron chi connectivity index (χ0n) is 8.33. The van der Waals surface area contributed by atoms with Crippen molar-refractivity contribution in [3.05, 3.63) is 34.3 Å². The molecular formula is C11H16BrNO. The molecule has 1 atom stereocenters. The third kappa shape index (κ3) is 3.78. The average Bonchev–Trinajstić information content (AvgIpc) is 2.18. The van der Waals surface area contributed by atoms with Crippen LogP contribution >= 0.6 is 15.9 Å². The predicted octanol–water partition coefficient (Wildman–Crippen LogP) is 2.48. The molecule has 0 heterocycles. The maximum absolute atomic E-state index is 8.65. The van der Waals surface area contributed by atoms with E-state index in [4.69, 9.17) is 5.11 Å². The van der Waals surface area contributed by atoms with Crippen LogP contribution in [0, 0.1) is 0 Å². The summed E-state index contributed by atoms with van der Waals surface area (Å²) in [5.41, 5.74) is 1.26. The first-order valence-corrected chi connectivity index (χ1v) is 5.63. The molecule has 0 saturated heterocycles. The molecule has 2 nitrogen and oxygen atoms in total. The van der Waals surface area contributed by atoms with Crippen molar-refractivity contribution in [2.75, 3.05) is 13.2 Å². The van der Waals surface area contributed by atoms with E-state index in [0.29, 0.717) is 6.04 Å². The molecule has 0 fully saturated rings. The Kier molecular flexibility index (Phi) is 5.15. The Balaban J connectivity index is 2.47. The Morgan fingerprint density at radius 1 is 1.50 bits per heavy atom. The van der Waals surface area contributed by atoms with E-state index in [9.17, 15) is 0 Å². The van der Waals surface area contributed by atoms with E-state index in [2.05, 4.69) is 40.3 Å². The van der Waals surface area contributed by atoms with Crippen molar-refractivity contribution in [1.82, 2.24) is 5.32 Å².